The van der Waals surface area contributed by atoms with Crippen LogP contribution in [0.3, 0.4) is 0 Å². The number of aliphatic carboxylic acids is 1. The molecule has 0 spiro atoms. The van der Waals surface area contributed by atoms with Crippen molar-refractivity contribution in [1.82, 2.24) is 4.98 Å². The predicted octanol–water partition coefficient (Wildman–Crippen LogP) is 2.76. The van der Waals surface area contributed by atoms with E-state index in [0.717, 1.165) is 42.9 Å². The summed E-state index contributed by atoms with van der Waals surface area (Å²) in [4.78, 5) is 15.3. The molecule has 1 aromatic rings. The predicted molar refractivity (Wildman–Crippen MR) is 68.5 cm³/mol. The maximum Gasteiger partial charge on any atom is 0.306 e. The maximum absolute atomic E-state index is 10.8. The summed E-state index contributed by atoms with van der Waals surface area (Å²) in [6, 6.07) is 0.390. The van der Waals surface area contributed by atoms with Crippen LogP contribution in [0.5, 0.6) is 0 Å². The van der Waals surface area contributed by atoms with Crippen LogP contribution in [-0.2, 0) is 11.2 Å². The van der Waals surface area contributed by atoms with Crippen molar-refractivity contribution < 1.29 is 9.90 Å². The molecule has 0 unspecified atom stereocenters. The first-order valence-electron chi connectivity index (χ1n) is 6.12. The van der Waals surface area contributed by atoms with Gasteiger partial charge in [0.25, 0.3) is 0 Å². The van der Waals surface area contributed by atoms with Gasteiger partial charge in [-0.15, -0.1) is 11.3 Å². The molecule has 94 valence electrons. The van der Waals surface area contributed by atoms with E-state index in [1.54, 1.807) is 11.3 Å². The van der Waals surface area contributed by atoms with Crippen LogP contribution in [0.25, 0.3) is 0 Å². The standard InChI is InChI=1S/C12H18N2O2S/c1-2-9-7-17-12(13-9)14-10-5-3-8(4-6-10)11(15)16/h7-8,10H,2-6H2,1H3,(H,13,14)(H,15,16). The van der Waals surface area contributed by atoms with Crippen LogP contribution in [0, 0.1) is 5.92 Å². The first-order chi connectivity index (χ1) is 8.19. The van der Waals surface area contributed by atoms with Crippen LogP contribution in [-0.4, -0.2) is 22.1 Å². The van der Waals surface area contributed by atoms with Gasteiger partial charge < -0.3 is 10.4 Å². The number of hydrogen-bond acceptors (Lipinski definition) is 4. The SMILES string of the molecule is CCc1csc(NC2CCC(C(=O)O)CC2)n1. The van der Waals surface area contributed by atoms with Crippen LogP contribution in [0.2, 0.25) is 0 Å². The van der Waals surface area contributed by atoms with Crippen molar-refractivity contribution in [3.8, 4) is 0 Å². The summed E-state index contributed by atoms with van der Waals surface area (Å²) in [5.41, 5.74) is 1.12. The molecule has 1 fully saturated rings. The minimum Gasteiger partial charge on any atom is -0.481 e. The molecule has 0 aliphatic heterocycles. The van der Waals surface area contributed by atoms with E-state index < -0.39 is 5.97 Å². The summed E-state index contributed by atoms with van der Waals surface area (Å²) in [6.45, 7) is 2.09. The number of nitrogens with one attached hydrogen (secondary N) is 1. The molecule has 2 N–H and O–H groups in total. The zero-order valence-corrected chi connectivity index (χ0v) is 10.8. The number of rotatable bonds is 4. The van der Waals surface area contributed by atoms with E-state index >= 15 is 0 Å². The minimum absolute atomic E-state index is 0.143. The van der Waals surface area contributed by atoms with Gasteiger partial charge in [0.1, 0.15) is 0 Å². The number of carbonyl (C=O) groups is 1. The Morgan fingerprint density at radius 3 is 2.76 bits per heavy atom. The molecular weight excluding hydrogens is 236 g/mol. The highest BCUT2D eigenvalue weighted by atomic mass is 32.1. The molecule has 2 rings (SSSR count). The van der Waals surface area contributed by atoms with Crippen molar-refractivity contribution >= 4 is 22.4 Å². The quantitative estimate of drug-likeness (QED) is 0.867. The average molecular weight is 254 g/mol. The number of aryl methyl sites for hydroxylation is 1. The minimum atomic E-state index is -0.647. The van der Waals surface area contributed by atoms with E-state index in [1.807, 2.05) is 0 Å². The largest absolute Gasteiger partial charge is 0.481 e. The van der Waals surface area contributed by atoms with Gasteiger partial charge in [-0.05, 0) is 32.1 Å². The number of carboxylic acids is 1. The van der Waals surface area contributed by atoms with Gasteiger partial charge in [-0.1, -0.05) is 6.92 Å². The first kappa shape index (κ1) is 12.4. The van der Waals surface area contributed by atoms with Gasteiger partial charge in [0.2, 0.25) is 0 Å². The van der Waals surface area contributed by atoms with Crippen LogP contribution in [0.4, 0.5) is 5.13 Å². The summed E-state index contributed by atoms with van der Waals surface area (Å²) in [5, 5.41) is 15.4. The Hall–Kier alpha value is -1.10. The van der Waals surface area contributed by atoms with Crippen molar-refractivity contribution in [2.24, 2.45) is 5.92 Å². The fraction of sp³-hybridized carbons (Fsp3) is 0.667. The molecule has 0 saturated heterocycles. The maximum atomic E-state index is 10.8. The Labute approximate surface area is 105 Å². The monoisotopic (exact) mass is 254 g/mol. The second kappa shape index (κ2) is 5.49. The third-order valence-corrected chi connectivity index (χ3v) is 4.14. The third kappa shape index (κ3) is 3.19. The fourth-order valence-corrected chi connectivity index (χ4v) is 3.07. The summed E-state index contributed by atoms with van der Waals surface area (Å²) in [5.74, 6) is -0.790. The molecule has 1 saturated carbocycles. The summed E-state index contributed by atoms with van der Waals surface area (Å²) >= 11 is 1.64. The second-order valence-electron chi connectivity index (χ2n) is 4.53. The molecule has 1 aromatic heterocycles. The molecule has 1 aliphatic rings. The number of anilines is 1. The first-order valence-corrected chi connectivity index (χ1v) is 7.00. The van der Waals surface area contributed by atoms with E-state index in [-0.39, 0.29) is 5.92 Å². The molecule has 0 atom stereocenters. The normalized spacial score (nSPS) is 24.5. The lowest BCUT2D eigenvalue weighted by Crippen LogP contribution is -2.29. The van der Waals surface area contributed by atoms with Crippen molar-refractivity contribution in [3.63, 3.8) is 0 Å². The highest BCUT2D eigenvalue weighted by molar-refractivity contribution is 7.13. The molecule has 0 radical (unpaired) electrons. The van der Waals surface area contributed by atoms with E-state index in [2.05, 4.69) is 22.6 Å². The Morgan fingerprint density at radius 1 is 1.53 bits per heavy atom. The van der Waals surface area contributed by atoms with E-state index in [1.165, 1.54) is 0 Å². The van der Waals surface area contributed by atoms with Gasteiger partial charge in [0, 0.05) is 11.4 Å². The lowest BCUT2D eigenvalue weighted by molar-refractivity contribution is -0.142. The molecule has 0 bridgehead atoms. The molecule has 1 aliphatic carbocycles. The summed E-state index contributed by atoms with van der Waals surface area (Å²) < 4.78 is 0. The molecule has 5 heteroatoms. The van der Waals surface area contributed by atoms with Gasteiger partial charge in [-0.3, -0.25) is 4.79 Å². The molecule has 1 heterocycles. The van der Waals surface area contributed by atoms with Gasteiger partial charge in [0.05, 0.1) is 11.6 Å². The smallest absolute Gasteiger partial charge is 0.306 e. The lowest BCUT2D eigenvalue weighted by Gasteiger charge is -2.26. The van der Waals surface area contributed by atoms with Gasteiger partial charge in [0.15, 0.2) is 5.13 Å². The van der Waals surface area contributed by atoms with E-state index in [0.29, 0.717) is 6.04 Å². The number of carboxylic acid groups (broad SMARTS) is 1. The van der Waals surface area contributed by atoms with Crippen LogP contribution in [0.1, 0.15) is 38.3 Å². The van der Waals surface area contributed by atoms with Crippen molar-refractivity contribution in [3.05, 3.63) is 11.1 Å². The number of aromatic nitrogens is 1. The zero-order valence-electron chi connectivity index (χ0n) is 9.98. The van der Waals surface area contributed by atoms with Crippen LogP contribution in [0.15, 0.2) is 5.38 Å². The Bertz CT molecular complexity index is 384. The Balaban J connectivity index is 1.83. The number of hydrogen-bond donors (Lipinski definition) is 2. The molecule has 17 heavy (non-hydrogen) atoms. The second-order valence-corrected chi connectivity index (χ2v) is 5.39. The molecule has 4 nitrogen and oxygen atoms in total. The van der Waals surface area contributed by atoms with Gasteiger partial charge in [-0.25, -0.2) is 4.98 Å². The molecule has 0 aromatic carbocycles. The highest BCUT2D eigenvalue weighted by Gasteiger charge is 2.26. The number of nitrogens with zero attached hydrogens (tertiary/aromatic N) is 1. The summed E-state index contributed by atoms with van der Waals surface area (Å²) in [7, 11) is 0. The Morgan fingerprint density at radius 2 is 2.24 bits per heavy atom. The molecule has 0 amide bonds. The fourth-order valence-electron chi connectivity index (χ4n) is 2.19. The number of thiazole rings is 1. The summed E-state index contributed by atoms with van der Waals surface area (Å²) in [6.07, 6.45) is 4.37. The van der Waals surface area contributed by atoms with E-state index in [9.17, 15) is 4.79 Å². The van der Waals surface area contributed by atoms with Gasteiger partial charge in [-0.2, -0.15) is 0 Å². The van der Waals surface area contributed by atoms with E-state index in [4.69, 9.17) is 5.11 Å². The van der Waals surface area contributed by atoms with Crippen molar-refractivity contribution in [1.29, 1.82) is 0 Å². The highest BCUT2D eigenvalue weighted by Crippen LogP contribution is 2.27. The van der Waals surface area contributed by atoms with Crippen molar-refractivity contribution in [2.75, 3.05) is 5.32 Å². The topological polar surface area (TPSA) is 62.2 Å². The molecular formula is C12H18N2O2S. The Kier molecular flexibility index (Phi) is 3.99. The van der Waals surface area contributed by atoms with Crippen molar-refractivity contribution in [2.45, 2.75) is 45.1 Å². The third-order valence-electron chi connectivity index (χ3n) is 3.32. The lowest BCUT2D eigenvalue weighted by atomic mass is 9.86. The van der Waals surface area contributed by atoms with Gasteiger partial charge >= 0.3 is 5.97 Å². The zero-order chi connectivity index (χ0) is 12.3. The van der Waals surface area contributed by atoms with Crippen LogP contribution >= 0.6 is 11.3 Å². The van der Waals surface area contributed by atoms with Crippen LogP contribution < -0.4 is 5.32 Å². The average Bonchev–Trinajstić information content (AvgIpc) is 2.77.